The molecular formula is C16H18N2O. The van der Waals surface area contributed by atoms with Crippen molar-refractivity contribution in [3.63, 3.8) is 0 Å². The summed E-state index contributed by atoms with van der Waals surface area (Å²) < 4.78 is 5.77. The number of hydrogen-bond donors (Lipinski definition) is 0. The number of ether oxygens (including phenoxy) is 1. The molecule has 0 aromatic heterocycles. The first-order valence-corrected chi connectivity index (χ1v) is 6.60. The van der Waals surface area contributed by atoms with Crippen molar-refractivity contribution < 1.29 is 4.74 Å². The van der Waals surface area contributed by atoms with Crippen molar-refractivity contribution in [2.75, 3.05) is 26.2 Å². The van der Waals surface area contributed by atoms with E-state index in [9.17, 15) is 0 Å². The van der Waals surface area contributed by atoms with Crippen LogP contribution >= 0.6 is 0 Å². The zero-order chi connectivity index (χ0) is 13.5. The summed E-state index contributed by atoms with van der Waals surface area (Å²) in [5.41, 5.74) is 0.662. The number of benzene rings is 1. The molecule has 1 aromatic carbocycles. The number of likely N-dealkylation sites (tertiary alicyclic amines) is 1. The van der Waals surface area contributed by atoms with E-state index in [4.69, 9.17) is 16.4 Å². The molecule has 3 nitrogen and oxygen atoms in total. The number of nitrogens with zero attached hydrogens (tertiary/aromatic N) is 2. The van der Waals surface area contributed by atoms with Gasteiger partial charge in [0.15, 0.2) is 0 Å². The first-order chi connectivity index (χ1) is 9.31. The van der Waals surface area contributed by atoms with Gasteiger partial charge in [0.25, 0.3) is 0 Å². The van der Waals surface area contributed by atoms with Gasteiger partial charge in [-0.2, -0.15) is 5.26 Å². The molecule has 1 heterocycles. The predicted molar refractivity (Wildman–Crippen MR) is 74.6 cm³/mol. The first-order valence-electron chi connectivity index (χ1n) is 6.60. The van der Waals surface area contributed by atoms with Crippen LogP contribution in [-0.4, -0.2) is 31.1 Å². The van der Waals surface area contributed by atoms with E-state index in [-0.39, 0.29) is 0 Å². The van der Waals surface area contributed by atoms with Gasteiger partial charge in [-0.3, -0.25) is 4.90 Å². The minimum Gasteiger partial charge on any atom is -0.493 e. The monoisotopic (exact) mass is 254 g/mol. The Bertz CT molecular complexity index is 473. The Morgan fingerprint density at radius 1 is 1.26 bits per heavy atom. The van der Waals surface area contributed by atoms with Crippen molar-refractivity contribution in [2.45, 2.75) is 12.8 Å². The van der Waals surface area contributed by atoms with Crippen LogP contribution in [0.5, 0.6) is 5.75 Å². The molecule has 0 bridgehead atoms. The molecule has 0 saturated carbocycles. The Kier molecular flexibility index (Phi) is 4.84. The van der Waals surface area contributed by atoms with Gasteiger partial charge >= 0.3 is 0 Å². The molecule has 1 aliphatic heterocycles. The lowest BCUT2D eigenvalue weighted by Crippen LogP contribution is -2.35. The van der Waals surface area contributed by atoms with Gasteiger partial charge < -0.3 is 4.74 Å². The summed E-state index contributed by atoms with van der Waals surface area (Å²) in [5.74, 6) is 4.13. The Hall–Kier alpha value is -1.97. The molecule has 1 fully saturated rings. The molecule has 98 valence electrons. The highest BCUT2D eigenvalue weighted by atomic mass is 16.5. The largest absolute Gasteiger partial charge is 0.493 e. The topological polar surface area (TPSA) is 36.3 Å². The average Bonchev–Trinajstić information content (AvgIpc) is 2.47. The molecule has 0 spiro atoms. The highest BCUT2D eigenvalue weighted by molar-refractivity contribution is 5.34. The molecule has 1 aliphatic rings. The van der Waals surface area contributed by atoms with Crippen LogP contribution < -0.4 is 4.74 Å². The molecule has 2 rings (SSSR count). The van der Waals surface area contributed by atoms with Crippen LogP contribution in [0.2, 0.25) is 0 Å². The second-order valence-electron chi connectivity index (χ2n) is 4.87. The summed E-state index contributed by atoms with van der Waals surface area (Å²) >= 11 is 0. The third-order valence-corrected chi connectivity index (χ3v) is 3.49. The van der Waals surface area contributed by atoms with Gasteiger partial charge in [0, 0.05) is 0 Å². The molecule has 0 amide bonds. The molecule has 0 N–H and O–H groups in total. The zero-order valence-electron chi connectivity index (χ0n) is 11.0. The predicted octanol–water partition coefficient (Wildman–Crippen LogP) is 2.28. The lowest BCUT2D eigenvalue weighted by molar-refractivity contribution is 0.152. The van der Waals surface area contributed by atoms with E-state index in [2.05, 4.69) is 16.9 Å². The van der Waals surface area contributed by atoms with Gasteiger partial charge in [0.1, 0.15) is 5.75 Å². The van der Waals surface area contributed by atoms with Gasteiger partial charge in [-0.1, -0.05) is 5.92 Å². The molecular weight excluding hydrogens is 236 g/mol. The Morgan fingerprint density at radius 3 is 2.53 bits per heavy atom. The van der Waals surface area contributed by atoms with E-state index in [0.29, 0.717) is 11.5 Å². The van der Waals surface area contributed by atoms with Gasteiger partial charge in [0.05, 0.1) is 24.8 Å². The van der Waals surface area contributed by atoms with Crippen molar-refractivity contribution in [1.29, 1.82) is 5.26 Å². The summed E-state index contributed by atoms with van der Waals surface area (Å²) in [7, 11) is 0. The Balaban J connectivity index is 1.74. The first kappa shape index (κ1) is 13.5. The fourth-order valence-corrected chi connectivity index (χ4v) is 2.28. The zero-order valence-corrected chi connectivity index (χ0v) is 11.0. The summed E-state index contributed by atoms with van der Waals surface area (Å²) in [6.07, 6.45) is 7.59. The second kappa shape index (κ2) is 6.83. The number of piperidine rings is 1. The molecule has 0 unspecified atom stereocenters. The van der Waals surface area contributed by atoms with Crippen LogP contribution in [0.3, 0.4) is 0 Å². The SMILES string of the molecule is C#CCN1CCC(COc2ccc(C#N)cc2)CC1. The molecule has 1 aromatic rings. The van der Waals surface area contributed by atoms with E-state index < -0.39 is 0 Å². The van der Waals surface area contributed by atoms with E-state index in [0.717, 1.165) is 44.8 Å². The molecule has 0 atom stereocenters. The minimum atomic E-state index is 0.602. The number of nitriles is 1. The smallest absolute Gasteiger partial charge is 0.119 e. The van der Waals surface area contributed by atoms with Crippen LogP contribution in [0.1, 0.15) is 18.4 Å². The van der Waals surface area contributed by atoms with Crippen molar-refractivity contribution in [3.8, 4) is 24.2 Å². The number of terminal acetylenes is 1. The van der Waals surface area contributed by atoms with Crippen LogP contribution in [0.25, 0.3) is 0 Å². The van der Waals surface area contributed by atoms with Crippen LogP contribution in [0.15, 0.2) is 24.3 Å². The van der Waals surface area contributed by atoms with Gasteiger partial charge in [0.2, 0.25) is 0 Å². The average molecular weight is 254 g/mol. The summed E-state index contributed by atoms with van der Waals surface area (Å²) in [6, 6.07) is 9.37. The fourth-order valence-electron chi connectivity index (χ4n) is 2.28. The fraction of sp³-hybridized carbons (Fsp3) is 0.438. The maximum absolute atomic E-state index is 8.72. The number of hydrogen-bond acceptors (Lipinski definition) is 3. The maximum Gasteiger partial charge on any atom is 0.119 e. The maximum atomic E-state index is 8.72. The standard InChI is InChI=1S/C16H18N2O/c1-2-9-18-10-7-15(8-11-18)13-19-16-5-3-14(12-17)4-6-16/h1,3-6,15H,7-11,13H2. The van der Waals surface area contributed by atoms with E-state index in [1.165, 1.54) is 0 Å². The normalized spacial score (nSPS) is 16.5. The molecule has 0 aliphatic carbocycles. The Labute approximate surface area is 114 Å². The molecule has 3 heteroatoms. The van der Waals surface area contributed by atoms with Crippen LogP contribution in [0, 0.1) is 29.6 Å². The van der Waals surface area contributed by atoms with Crippen molar-refractivity contribution in [3.05, 3.63) is 29.8 Å². The van der Waals surface area contributed by atoms with Crippen LogP contribution in [-0.2, 0) is 0 Å². The minimum absolute atomic E-state index is 0.602. The van der Waals surface area contributed by atoms with Crippen molar-refractivity contribution in [1.82, 2.24) is 4.90 Å². The highest BCUT2D eigenvalue weighted by Crippen LogP contribution is 2.19. The van der Waals surface area contributed by atoms with E-state index >= 15 is 0 Å². The van der Waals surface area contributed by atoms with Gasteiger partial charge in [-0.15, -0.1) is 6.42 Å². The summed E-state index contributed by atoms with van der Waals surface area (Å²) in [5, 5.41) is 8.72. The van der Waals surface area contributed by atoms with E-state index in [1.54, 1.807) is 12.1 Å². The molecule has 19 heavy (non-hydrogen) atoms. The molecule has 0 radical (unpaired) electrons. The van der Waals surface area contributed by atoms with E-state index in [1.807, 2.05) is 12.1 Å². The lowest BCUT2D eigenvalue weighted by atomic mass is 9.98. The van der Waals surface area contributed by atoms with Gasteiger partial charge in [-0.05, 0) is 56.1 Å². The Morgan fingerprint density at radius 2 is 1.95 bits per heavy atom. The second-order valence-corrected chi connectivity index (χ2v) is 4.87. The third-order valence-electron chi connectivity index (χ3n) is 3.49. The van der Waals surface area contributed by atoms with Crippen LogP contribution in [0.4, 0.5) is 0 Å². The highest BCUT2D eigenvalue weighted by Gasteiger charge is 2.18. The summed E-state index contributed by atoms with van der Waals surface area (Å²) in [4.78, 5) is 2.30. The summed E-state index contributed by atoms with van der Waals surface area (Å²) in [6.45, 7) is 3.62. The van der Waals surface area contributed by atoms with Crippen molar-refractivity contribution >= 4 is 0 Å². The lowest BCUT2D eigenvalue weighted by Gasteiger charge is -2.30. The van der Waals surface area contributed by atoms with Gasteiger partial charge in [-0.25, -0.2) is 0 Å². The number of rotatable bonds is 4. The molecule has 1 saturated heterocycles. The quantitative estimate of drug-likeness (QED) is 0.773. The van der Waals surface area contributed by atoms with Crippen molar-refractivity contribution in [2.24, 2.45) is 5.92 Å². The third kappa shape index (κ3) is 4.02.